The molecule has 0 bridgehead atoms. The molecule has 1 aliphatic rings. The maximum Gasteiger partial charge on any atom is 0.226 e. The second kappa shape index (κ2) is 5.15. The lowest BCUT2D eigenvalue weighted by molar-refractivity contribution is -0.137. The van der Waals surface area contributed by atoms with E-state index in [1.807, 2.05) is 13.8 Å². The van der Waals surface area contributed by atoms with Crippen molar-refractivity contribution >= 4 is 5.91 Å². The van der Waals surface area contributed by atoms with Gasteiger partial charge in [-0.05, 0) is 33.1 Å². The minimum absolute atomic E-state index is 0.148. The van der Waals surface area contributed by atoms with Gasteiger partial charge in [0.15, 0.2) is 0 Å². The standard InChI is InChI=1S/C12H24N2O2/c1-11(2,13)9-14-10(15)12(5-4-6-12)7-8-16-3/h4-9,13H2,1-3H3,(H,14,15). The van der Waals surface area contributed by atoms with Crippen LogP contribution in [0.3, 0.4) is 0 Å². The fourth-order valence-electron chi connectivity index (χ4n) is 1.99. The van der Waals surface area contributed by atoms with Crippen LogP contribution in [0.5, 0.6) is 0 Å². The molecule has 0 aromatic heterocycles. The number of carbonyl (C=O) groups is 1. The number of methoxy groups -OCH3 is 1. The molecule has 0 saturated heterocycles. The smallest absolute Gasteiger partial charge is 0.226 e. The Bertz CT molecular complexity index is 242. The van der Waals surface area contributed by atoms with Gasteiger partial charge >= 0.3 is 0 Å². The zero-order chi connectivity index (χ0) is 12.2. The van der Waals surface area contributed by atoms with Gasteiger partial charge < -0.3 is 15.8 Å². The number of nitrogens with one attached hydrogen (secondary N) is 1. The lowest BCUT2D eigenvalue weighted by Crippen LogP contribution is -2.52. The number of carbonyl (C=O) groups excluding carboxylic acids is 1. The average Bonchev–Trinajstić information content (AvgIpc) is 2.12. The van der Waals surface area contributed by atoms with E-state index in [1.54, 1.807) is 7.11 Å². The molecule has 3 N–H and O–H groups in total. The van der Waals surface area contributed by atoms with Crippen molar-refractivity contribution in [2.45, 2.75) is 45.1 Å². The molecule has 0 atom stereocenters. The minimum atomic E-state index is -0.345. The molecule has 0 radical (unpaired) electrons. The molecule has 0 aromatic rings. The first-order valence-corrected chi connectivity index (χ1v) is 5.96. The molecule has 1 amide bonds. The largest absolute Gasteiger partial charge is 0.385 e. The SMILES string of the molecule is COCCC1(C(=O)NCC(C)(C)N)CCC1. The fourth-order valence-corrected chi connectivity index (χ4v) is 1.99. The van der Waals surface area contributed by atoms with Gasteiger partial charge in [-0.15, -0.1) is 0 Å². The van der Waals surface area contributed by atoms with Crippen LogP contribution >= 0.6 is 0 Å². The third-order valence-electron chi connectivity index (χ3n) is 3.28. The van der Waals surface area contributed by atoms with Gasteiger partial charge in [0, 0.05) is 25.8 Å². The summed E-state index contributed by atoms with van der Waals surface area (Å²) in [4.78, 5) is 12.1. The van der Waals surface area contributed by atoms with Crippen LogP contribution in [-0.4, -0.2) is 31.7 Å². The van der Waals surface area contributed by atoms with Crippen LogP contribution in [-0.2, 0) is 9.53 Å². The molecule has 1 fully saturated rings. The summed E-state index contributed by atoms with van der Waals surface area (Å²) in [6.45, 7) is 5.01. The lowest BCUT2D eigenvalue weighted by atomic mass is 9.66. The van der Waals surface area contributed by atoms with Crippen LogP contribution < -0.4 is 11.1 Å². The maximum absolute atomic E-state index is 12.1. The first kappa shape index (κ1) is 13.5. The molecule has 16 heavy (non-hydrogen) atoms. The highest BCUT2D eigenvalue weighted by molar-refractivity contribution is 5.83. The first-order chi connectivity index (χ1) is 7.40. The van der Waals surface area contributed by atoms with Gasteiger partial charge in [0.05, 0.1) is 5.41 Å². The van der Waals surface area contributed by atoms with E-state index >= 15 is 0 Å². The summed E-state index contributed by atoms with van der Waals surface area (Å²) in [7, 11) is 1.67. The summed E-state index contributed by atoms with van der Waals surface area (Å²) >= 11 is 0. The number of rotatable bonds is 6. The molecule has 1 saturated carbocycles. The summed E-state index contributed by atoms with van der Waals surface area (Å²) in [6, 6.07) is 0. The molecule has 0 spiro atoms. The molecule has 4 nitrogen and oxygen atoms in total. The highest BCUT2D eigenvalue weighted by atomic mass is 16.5. The lowest BCUT2D eigenvalue weighted by Gasteiger charge is -2.40. The highest BCUT2D eigenvalue weighted by Gasteiger charge is 2.43. The Morgan fingerprint density at radius 2 is 2.12 bits per heavy atom. The van der Waals surface area contributed by atoms with Crippen LogP contribution in [0.25, 0.3) is 0 Å². The van der Waals surface area contributed by atoms with Crippen LogP contribution in [0, 0.1) is 5.41 Å². The van der Waals surface area contributed by atoms with Crippen LogP contribution in [0.1, 0.15) is 39.5 Å². The molecule has 0 aliphatic heterocycles. The molecular weight excluding hydrogens is 204 g/mol. The number of hydrogen-bond acceptors (Lipinski definition) is 3. The number of hydrogen-bond donors (Lipinski definition) is 2. The van der Waals surface area contributed by atoms with Crippen LogP contribution in [0.2, 0.25) is 0 Å². The molecule has 0 heterocycles. The number of nitrogens with two attached hydrogens (primary N) is 1. The van der Waals surface area contributed by atoms with E-state index < -0.39 is 0 Å². The van der Waals surface area contributed by atoms with E-state index in [0.717, 1.165) is 25.7 Å². The van der Waals surface area contributed by atoms with E-state index in [9.17, 15) is 4.79 Å². The van der Waals surface area contributed by atoms with Gasteiger partial charge in [-0.2, -0.15) is 0 Å². The minimum Gasteiger partial charge on any atom is -0.385 e. The summed E-state index contributed by atoms with van der Waals surface area (Å²) in [5.74, 6) is 0.148. The Morgan fingerprint density at radius 3 is 2.50 bits per heavy atom. The number of ether oxygens (including phenoxy) is 1. The van der Waals surface area contributed by atoms with Crippen molar-refractivity contribution in [1.82, 2.24) is 5.32 Å². The molecule has 94 valence electrons. The van der Waals surface area contributed by atoms with Crippen molar-refractivity contribution in [3.05, 3.63) is 0 Å². The van der Waals surface area contributed by atoms with E-state index in [4.69, 9.17) is 10.5 Å². The maximum atomic E-state index is 12.1. The average molecular weight is 228 g/mol. The van der Waals surface area contributed by atoms with E-state index in [1.165, 1.54) is 0 Å². The molecule has 0 unspecified atom stereocenters. The van der Waals surface area contributed by atoms with E-state index in [-0.39, 0.29) is 16.9 Å². The third kappa shape index (κ3) is 3.46. The van der Waals surface area contributed by atoms with Gasteiger partial charge in [0.25, 0.3) is 0 Å². The second-order valence-electron chi connectivity index (χ2n) is 5.55. The van der Waals surface area contributed by atoms with E-state index in [2.05, 4.69) is 5.32 Å². The second-order valence-corrected chi connectivity index (χ2v) is 5.55. The predicted molar refractivity (Wildman–Crippen MR) is 64.1 cm³/mol. The fraction of sp³-hybridized carbons (Fsp3) is 0.917. The summed E-state index contributed by atoms with van der Waals surface area (Å²) in [6.07, 6.45) is 3.92. The van der Waals surface area contributed by atoms with Gasteiger partial charge in [-0.25, -0.2) is 0 Å². The Labute approximate surface area is 97.9 Å². The van der Waals surface area contributed by atoms with Crippen molar-refractivity contribution in [2.24, 2.45) is 11.1 Å². The molecule has 0 aromatic carbocycles. The van der Waals surface area contributed by atoms with Gasteiger partial charge in [-0.1, -0.05) is 6.42 Å². The van der Waals surface area contributed by atoms with Crippen molar-refractivity contribution in [2.75, 3.05) is 20.3 Å². The van der Waals surface area contributed by atoms with Gasteiger partial charge in [0.2, 0.25) is 5.91 Å². The molecule has 4 heteroatoms. The Morgan fingerprint density at radius 1 is 1.50 bits per heavy atom. The Kier molecular flexibility index (Phi) is 4.33. The van der Waals surface area contributed by atoms with Gasteiger partial charge in [-0.3, -0.25) is 4.79 Å². The first-order valence-electron chi connectivity index (χ1n) is 5.96. The molecule has 1 aliphatic carbocycles. The zero-order valence-corrected chi connectivity index (χ0v) is 10.6. The van der Waals surface area contributed by atoms with Crippen molar-refractivity contribution < 1.29 is 9.53 Å². The summed E-state index contributed by atoms with van der Waals surface area (Å²) < 4.78 is 5.06. The Hall–Kier alpha value is -0.610. The van der Waals surface area contributed by atoms with Crippen molar-refractivity contribution in [1.29, 1.82) is 0 Å². The number of amides is 1. The topological polar surface area (TPSA) is 64.3 Å². The van der Waals surface area contributed by atoms with Crippen molar-refractivity contribution in [3.63, 3.8) is 0 Å². The van der Waals surface area contributed by atoms with Crippen LogP contribution in [0.15, 0.2) is 0 Å². The van der Waals surface area contributed by atoms with Gasteiger partial charge in [0.1, 0.15) is 0 Å². The predicted octanol–water partition coefficient (Wildman–Crippen LogP) is 1.05. The zero-order valence-electron chi connectivity index (χ0n) is 10.6. The Balaban J connectivity index is 2.43. The molecular formula is C12H24N2O2. The normalized spacial score (nSPS) is 19.0. The quantitative estimate of drug-likeness (QED) is 0.714. The monoisotopic (exact) mass is 228 g/mol. The van der Waals surface area contributed by atoms with Crippen LogP contribution in [0.4, 0.5) is 0 Å². The molecule has 1 rings (SSSR count). The summed E-state index contributed by atoms with van der Waals surface area (Å²) in [5.41, 5.74) is 5.32. The van der Waals surface area contributed by atoms with E-state index in [0.29, 0.717) is 13.2 Å². The summed E-state index contributed by atoms with van der Waals surface area (Å²) in [5, 5.41) is 2.95. The van der Waals surface area contributed by atoms with Crippen molar-refractivity contribution in [3.8, 4) is 0 Å². The third-order valence-corrected chi connectivity index (χ3v) is 3.28. The highest BCUT2D eigenvalue weighted by Crippen LogP contribution is 2.44.